The van der Waals surface area contributed by atoms with Gasteiger partial charge in [0.1, 0.15) is 29.2 Å². The summed E-state index contributed by atoms with van der Waals surface area (Å²) in [6, 6.07) is 17.3. The molecule has 1 aliphatic rings. The highest BCUT2D eigenvalue weighted by Crippen LogP contribution is 2.51. The molecule has 0 spiro atoms. The summed E-state index contributed by atoms with van der Waals surface area (Å²) < 4.78 is 102. The fourth-order valence-corrected chi connectivity index (χ4v) is 5.55. The fraction of sp³-hybridized carbons (Fsp3) is 0.107. The Balaban J connectivity index is 1.67. The number of para-hydroxylation sites is 2. The average Bonchev–Trinajstić information content (AvgIpc) is 3.05. The van der Waals surface area contributed by atoms with E-state index < -0.39 is 65.1 Å². The maximum atomic E-state index is 15.0. The Morgan fingerprint density at radius 2 is 1.36 bits per heavy atom. The van der Waals surface area contributed by atoms with Gasteiger partial charge in [-0.15, -0.1) is 0 Å². The van der Waals surface area contributed by atoms with E-state index in [0.29, 0.717) is 6.20 Å². The number of phosphoric ester groups is 1. The number of rotatable bonds is 6. The number of nitrogens with zero attached hydrogens (tertiary/aromatic N) is 3. The SMILES string of the molecule is C[C@@H]1N=C(c2c(F)cccc2F)c2c(cnc(C(F)(F)F)c2Cl)N=C1OP(=O)(Oc1ccccc1)Oc1ccccc1. The van der Waals surface area contributed by atoms with Gasteiger partial charge in [0, 0.05) is 5.56 Å². The molecule has 3 aromatic carbocycles. The van der Waals surface area contributed by atoms with Gasteiger partial charge >= 0.3 is 14.0 Å². The molecule has 0 saturated carbocycles. The van der Waals surface area contributed by atoms with Crippen molar-refractivity contribution in [1.82, 2.24) is 4.98 Å². The van der Waals surface area contributed by atoms with Crippen molar-refractivity contribution in [2.24, 2.45) is 9.98 Å². The minimum Gasteiger partial charge on any atom is -0.386 e. The quantitative estimate of drug-likeness (QED) is 0.159. The first kappa shape index (κ1) is 29.2. The monoisotopic (exact) mass is 621 g/mol. The van der Waals surface area contributed by atoms with E-state index in [-0.39, 0.29) is 17.2 Å². The Labute approximate surface area is 240 Å². The highest BCUT2D eigenvalue weighted by molar-refractivity contribution is 7.50. The van der Waals surface area contributed by atoms with Crippen molar-refractivity contribution in [3.05, 3.63) is 119 Å². The first-order valence-corrected chi connectivity index (χ1v) is 13.9. The lowest BCUT2D eigenvalue weighted by atomic mass is 9.99. The molecule has 4 aromatic rings. The van der Waals surface area contributed by atoms with Crippen molar-refractivity contribution in [3.8, 4) is 11.5 Å². The lowest BCUT2D eigenvalue weighted by Crippen LogP contribution is -2.21. The molecule has 1 aromatic heterocycles. The maximum absolute atomic E-state index is 15.0. The summed E-state index contributed by atoms with van der Waals surface area (Å²) in [5.74, 6) is -2.53. The molecule has 0 radical (unpaired) electrons. The van der Waals surface area contributed by atoms with E-state index >= 15 is 0 Å². The Kier molecular flexibility index (Phi) is 8.03. The zero-order valence-corrected chi connectivity index (χ0v) is 23.0. The first-order valence-electron chi connectivity index (χ1n) is 12.1. The summed E-state index contributed by atoms with van der Waals surface area (Å²) in [6.07, 6.45) is -4.32. The summed E-state index contributed by atoms with van der Waals surface area (Å²) in [5.41, 5.74) is -3.82. The molecule has 5 rings (SSSR count). The third-order valence-corrected chi connectivity index (χ3v) is 7.39. The maximum Gasteiger partial charge on any atom is 0.648 e. The minimum absolute atomic E-state index is 0.0937. The zero-order chi connectivity index (χ0) is 30.1. The van der Waals surface area contributed by atoms with Gasteiger partial charge in [-0.3, -0.25) is 4.99 Å². The lowest BCUT2D eigenvalue weighted by molar-refractivity contribution is -0.141. The standard InChI is InChI=1S/C28H18ClF5N3O4P/c1-16-27(41-42(38,39-17-9-4-2-5-10-17)40-18-11-6-3-7-12-18)37-21-15-35-26(28(32,33)34)24(29)23(21)25(36-16)22-19(30)13-8-14-20(22)31/h2-16H,1H3/t16-/m0/s1. The molecule has 1 atom stereocenters. The third-order valence-electron chi connectivity index (χ3n) is 5.74. The molecule has 0 N–H and O–H groups in total. The molecule has 0 amide bonds. The van der Waals surface area contributed by atoms with Crippen molar-refractivity contribution in [1.29, 1.82) is 0 Å². The molecule has 7 nitrogen and oxygen atoms in total. The molecule has 2 heterocycles. The van der Waals surface area contributed by atoms with Gasteiger partial charge in [0.05, 0.1) is 28.2 Å². The van der Waals surface area contributed by atoms with Gasteiger partial charge in [-0.05, 0) is 43.3 Å². The van der Waals surface area contributed by atoms with E-state index in [1.807, 2.05) is 0 Å². The molecule has 1 aliphatic heterocycles. The number of hydrogen-bond acceptors (Lipinski definition) is 7. The molecule has 0 bridgehead atoms. The fourth-order valence-electron chi connectivity index (χ4n) is 3.91. The van der Waals surface area contributed by atoms with E-state index in [1.54, 1.807) is 36.4 Å². The molecule has 0 unspecified atom stereocenters. The number of alkyl halides is 3. The number of phosphoric acid groups is 1. The number of fused-ring (bicyclic) bond motifs is 1. The summed E-state index contributed by atoms with van der Waals surface area (Å²) in [4.78, 5) is 11.8. The van der Waals surface area contributed by atoms with Crippen LogP contribution in [0.3, 0.4) is 0 Å². The Morgan fingerprint density at radius 1 is 0.810 bits per heavy atom. The van der Waals surface area contributed by atoms with Gasteiger partial charge in [0.2, 0.25) is 5.90 Å². The molecule has 0 fully saturated rings. The number of halogens is 6. The Morgan fingerprint density at radius 3 is 1.88 bits per heavy atom. The molecule has 42 heavy (non-hydrogen) atoms. The van der Waals surface area contributed by atoms with Gasteiger partial charge < -0.3 is 13.6 Å². The highest BCUT2D eigenvalue weighted by atomic mass is 35.5. The van der Waals surface area contributed by atoms with E-state index in [1.165, 1.54) is 31.2 Å². The molecule has 0 aliphatic carbocycles. The summed E-state index contributed by atoms with van der Waals surface area (Å²) in [6.45, 7) is 1.35. The van der Waals surface area contributed by atoms with Crippen LogP contribution in [0.5, 0.6) is 11.5 Å². The van der Waals surface area contributed by atoms with Crippen LogP contribution in [-0.2, 0) is 15.3 Å². The molecule has 216 valence electrons. The Hall–Kier alpha value is -4.28. The average molecular weight is 622 g/mol. The van der Waals surface area contributed by atoms with Crippen molar-refractivity contribution in [3.63, 3.8) is 0 Å². The van der Waals surface area contributed by atoms with Gasteiger partial charge in [-0.2, -0.15) is 17.7 Å². The van der Waals surface area contributed by atoms with E-state index in [9.17, 15) is 26.5 Å². The van der Waals surface area contributed by atoms with E-state index in [2.05, 4.69) is 15.0 Å². The number of benzene rings is 3. The van der Waals surface area contributed by atoms with Crippen LogP contribution in [0.15, 0.2) is 95.0 Å². The van der Waals surface area contributed by atoms with E-state index in [4.69, 9.17) is 25.2 Å². The second-order valence-electron chi connectivity index (χ2n) is 8.73. The van der Waals surface area contributed by atoms with Crippen molar-refractivity contribution in [2.45, 2.75) is 19.1 Å². The number of pyridine rings is 1. The van der Waals surface area contributed by atoms with Crippen LogP contribution < -0.4 is 9.05 Å². The summed E-state index contributed by atoms with van der Waals surface area (Å²) in [5, 5.41) is -0.997. The van der Waals surface area contributed by atoms with Crippen molar-refractivity contribution >= 4 is 36.7 Å². The third kappa shape index (κ3) is 6.14. The van der Waals surface area contributed by atoms with Crippen LogP contribution >= 0.6 is 19.4 Å². The van der Waals surface area contributed by atoms with Crippen LogP contribution in [0.2, 0.25) is 5.02 Å². The van der Waals surface area contributed by atoms with Gasteiger partial charge in [-0.1, -0.05) is 54.1 Å². The number of hydrogen-bond donors (Lipinski definition) is 0. The Bertz CT molecular complexity index is 1670. The lowest BCUT2D eigenvalue weighted by Gasteiger charge is -2.21. The molecule has 14 heteroatoms. The topological polar surface area (TPSA) is 82.4 Å². The normalized spacial score (nSPS) is 15.2. The largest absolute Gasteiger partial charge is 0.648 e. The van der Waals surface area contributed by atoms with Crippen LogP contribution in [0, 0.1) is 11.6 Å². The first-order chi connectivity index (χ1) is 19.9. The number of aromatic nitrogens is 1. The van der Waals surface area contributed by atoms with Crippen molar-refractivity contribution in [2.75, 3.05) is 0 Å². The molecular weight excluding hydrogens is 604 g/mol. The minimum atomic E-state index is -5.02. The summed E-state index contributed by atoms with van der Waals surface area (Å²) in [7, 11) is -4.64. The zero-order valence-electron chi connectivity index (χ0n) is 21.3. The highest BCUT2D eigenvalue weighted by Gasteiger charge is 2.41. The van der Waals surface area contributed by atoms with Crippen LogP contribution in [0.1, 0.15) is 23.7 Å². The number of aliphatic imine (C=N–C) groups is 2. The van der Waals surface area contributed by atoms with Crippen molar-refractivity contribution < 1.29 is 40.1 Å². The second-order valence-corrected chi connectivity index (χ2v) is 10.5. The van der Waals surface area contributed by atoms with Gasteiger partial charge in [0.15, 0.2) is 5.69 Å². The van der Waals surface area contributed by atoms with E-state index in [0.717, 1.165) is 18.2 Å². The van der Waals surface area contributed by atoms with Crippen LogP contribution in [0.25, 0.3) is 0 Å². The van der Waals surface area contributed by atoms with Crippen LogP contribution in [-0.4, -0.2) is 22.6 Å². The summed E-state index contributed by atoms with van der Waals surface area (Å²) >= 11 is 6.15. The van der Waals surface area contributed by atoms with Gasteiger partial charge in [0.25, 0.3) is 0 Å². The predicted octanol–water partition coefficient (Wildman–Crippen LogP) is 8.58. The second kappa shape index (κ2) is 11.5. The molecular formula is C28H18ClF5N3O4P. The molecule has 0 saturated heterocycles. The predicted molar refractivity (Wildman–Crippen MR) is 146 cm³/mol. The van der Waals surface area contributed by atoms with Gasteiger partial charge in [-0.25, -0.2) is 18.8 Å². The smallest absolute Gasteiger partial charge is 0.386 e. The van der Waals surface area contributed by atoms with Crippen LogP contribution in [0.4, 0.5) is 27.6 Å².